The van der Waals surface area contributed by atoms with Crippen LogP contribution in [-0.4, -0.2) is 48.0 Å². The van der Waals surface area contributed by atoms with Crippen molar-refractivity contribution in [3.05, 3.63) is 94.8 Å². The Balaban J connectivity index is 1.35. The van der Waals surface area contributed by atoms with Gasteiger partial charge in [-0.1, -0.05) is 42.5 Å². The lowest BCUT2D eigenvalue weighted by molar-refractivity contribution is 0.148. The van der Waals surface area contributed by atoms with E-state index in [2.05, 4.69) is 59.3 Å². The lowest BCUT2D eigenvalue weighted by Crippen LogP contribution is -2.43. The molecule has 1 aliphatic carbocycles. The van der Waals surface area contributed by atoms with Crippen LogP contribution in [0.3, 0.4) is 0 Å². The van der Waals surface area contributed by atoms with Crippen molar-refractivity contribution in [2.45, 2.75) is 13.0 Å². The van der Waals surface area contributed by atoms with E-state index in [0.29, 0.717) is 5.56 Å². The molecule has 1 aromatic heterocycles. The highest BCUT2D eigenvalue weighted by Crippen LogP contribution is 2.34. The maximum absolute atomic E-state index is 9.06. The van der Waals surface area contributed by atoms with Crippen LogP contribution in [0.25, 0.3) is 16.7 Å². The molecule has 2 heterocycles. The van der Waals surface area contributed by atoms with Gasteiger partial charge in [-0.15, -0.1) is 0 Å². The molecule has 4 nitrogen and oxygen atoms in total. The van der Waals surface area contributed by atoms with Gasteiger partial charge in [0.2, 0.25) is 0 Å². The van der Waals surface area contributed by atoms with Gasteiger partial charge in [0.05, 0.1) is 17.3 Å². The molecule has 0 amide bonds. The number of likely N-dealkylation sites (N-methyl/N-ethyl adjacent to an activating group) is 1. The van der Waals surface area contributed by atoms with Crippen LogP contribution in [0.5, 0.6) is 0 Å². The summed E-state index contributed by atoms with van der Waals surface area (Å²) in [7, 11) is 2.19. The van der Waals surface area contributed by atoms with Crippen LogP contribution in [0.2, 0.25) is 0 Å². The van der Waals surface area contributed by atoms with Crippen molar-refractivity contribution in [3.8, 4) is 17.2 Å². The first-order chi connectivity index (χ1) is 15.2. The minimum absolute atomic E-state index is 0.686. The summed E-state index contributed by atoms with van der Waals surface area (Å²) < 4.78 is 0. The van der Waals surface area contributed by atoms with Crippen LogP contribution in [0.1, 0.15) is 27.9 Å². The standard InChI is InChI=1S/C27H26N4/c1-30-12-14-31(15-13-30)19-21-4-6-22(7-5-21)24-16-26-25(10-11-27(26)29-18-24)23-8-2-20(17-28)3-9-23/h2-10,16,18H,11-15,19H2,1H3. The second-order valence-corrected chi connectivity index (χ2v) is 8.51. The molecule has 1 fully saturated rings. The van der Waals surface area contributed by atoms with Gasteiger partial charge in [0.1, 0.15) is 0 Å². The van der Waals surface area contributed by atoms with E-state index in [1.54, 1.807) is 0 Å². The molecule has 0 spiro atoms. The summed E-state index contributed by atoms with van der Waals surface area (Å²) in [4.78, 5) is 9.67. The summed E-state index contributed by atoms with van der Waals surface area (Å²) in [5, 5.41) is 9.06. The van der Waals surface area contributed by atoms with E-state index >= 15 is 0 Å². The zero-order valence-corrected chi connectivity index (χ0v) is 17.9. The Morgan fingerprint density at radius 2 is 1.61 bits per heavy atom. The molecule has 0 saturated carbocycles. The van der Waals surface area contributed by atoms with E-state index in [9.17, 15) is 0 Å². The molecule has 2 aromatic carbocycles. The zero-order valence-electron chi connectivity index (χ0n) is 17.9. The number of nitriles is 1. The van der Waals surface area contributed by atoms with Crippen LogP contribution in [0, 0.1) is 11.3 Å². The van der Waals surface area contributed by atoms with Crippen LogP contribution in [0.4, 0.5) is 0 Å². The zero-order chi connectivity index (χ0) is 21.2. The van der Waals surface area contributed by atoms with E-state index in [4.69, 9.17) is 10.2 Å². The molecular formula is C27H26N4. The number of hydrogen-bond acceptors (Lipinski definition) is 4. The van der Waals surface area contributed by atoms with Crippen molar-refractivity contribution in [3.63, 3.8) is 0 Å². The second-order valence-electron chi connectivity index (χ2n) is 8.51. The van der Waals surface area contributed by atoms with Gasteiger partial charge >= 0.3 is 0 Å². The Hall–Kier alpha value is -3.26. The number of allylic oxidation sites excluding steroid dienone is 1. The number of rotatable bonds is 4. The van der Waals surface area contributed by atoms with Gasteiger partial charge in [-0.05, 0) is 47.5 Å². The molecule has 0 bridgehead atoms. The third-order valence-corrected chi connectivity index (χ3v) is 6.37. The number of hydrogen-bond donors (Lipinski definition) is 0. The third-order valence-electron chi connectivity index (χ3n) is 6.37. The SMILES string of the molecule is CN1CCN(Cc2ccc(-c3cnc4c(c3)C(c3ccc(C#N)cc3)=CC4)cc2)CC1. The summed E-state index contributed by atoms with van der Waals surface area (Å²) in [6.07, 6.45) is 5.08. The molecule has 31 heavy (non-hydrogen) atoms. The van der Waals surface area contributed by atoms with E-state index in [1.807, 2.05) is 30.5 Å². The van der Waals surface area contributed by atoms with Gasteiger partial charge in [0.25, 0.3) is 0 Å². The Morgan fingerprint density at radius 1 is 0.903 bits per heavy atom. The number of aromatic nitrogens is 1. The number of fused-ring (bicyclic) bond motifs is 1. The largest absolute Gasteiger partial charge is 0.304 e. The van der Waals surface area contributed by atoms with E-state index < -0.39 is 0 Å². The molecule has 0 N–H and O–H groups in total. The maximum Gasteiger partial charge on any atom is 0.0991 e. The molecular weight excluding hydrogens is 380 g/mol. The smallest absolute Gasteiger partial charge is 0.0991 e. The van der Waals surface area contributed by atoms with Crippen LogP contribution in [-0.2, 0) is 13.0 Å². The van der Waals surface area contributed by atoms with E-state index in [0.717, 1.165) is 56.0 Å². The number of nitrogens with zero attached hydrogens (tertiary/aromatic N) is 4. The molecule has 154 valence electrons. The van der Waals surface area contributed by atoms with E-state index in [-0.39, 0.29) is 0 Å². The van der Waals surface area contributed by atoms with Crippen LogP contribution in [0.15, 0.2) is 66.9 Å². The molecule has 1 aliphatic heterocycles. The van der Waals surface area contributed by atoms with Gasteiger partial charge in [-0.25, -0.2) is 0 Å². The monoisotopic (exact) mass is 406 g/mol. The van der Waals surface area contributed by atoms with Gasteiger partial charge in [0, 0.05) is 56.5 Å². The Morgan fingerprint density at radius 3 is 2.32 bits per heavy atom. The number of piperazine rings is 1. The molecule has 0 unspecified atom stereocenters. The average Bonchev–Trinajstić information content (AvgIpc) is 3.24. The summed E-state index contributed by atoms with van der Waals surface area (Å²) >= 11 is 0. The predicted molar refractivity (Wildman–Crippen MR) is 124 cm³/mol. The molecule has 0 atom stereocenters. The lowest BCUT2D eigenvalue weighted by atomic mass is 9.97. The summed E-state index contributed by atoms with van der Waals surface area (Å²) in [6.45, 7) is 5.58. The molecule has 1 saturated heterocycles. The highest BCUT2D eigenvalue weighted by molar-refractivity contribution is 5.86. The highest BCUT2D eigenvalue weighted by atomic mass is 15.2. The van der Waals surface area contributed by atoms with Crippen molar-refractivity contribution in [2.24, 2.45) is 0 Å². The normalized spacial score (nSPS) is 16.6. The fourth-order valence-electron chi connectivity index (χ4n) is 4.42. The summed E-state index contributed by atoms with van der Waals surface area (Å²) in [5.41, 5.74) is 9.06. The molecule has 2 aliphatic rings. The quantitative estimate of drug-likeness (QED) is 0.646. The van der Waals surface area contributed by atoms with Crippen molar-refractivity contribution >= 4 is 5.57 Å². The van der Waals surface area contributed by atoms with Crippen LogP contribution >= 0.6 is 0 Å². The maximum atomic E-state index is 9.06. The van der Waals surface area contributed by atoms with Gasteiger partial charge in [-0.2, -0.15) is 5.26 Å². The second kappa shape index (κ2) is 8.47. The number of pyridine rings is 1. The first-order valence-electron chi connectivity index (χ1n) is 10.9. The van der Waals surface area contributed by atoms with Crippen molar-refractivity contribution < 1.29 is 0 Å². The van der Waals surface area contributed by atoms with Crippen LogP contribution < -0.4 is 0 Å². The van der Waals surface area contributed by atoms with Crippen molar-refractivity contribution in [1.82, 2.24) is 14.8 Å². The fraction of sp³-hybridized carbons (Fsp3) is 0.259. The first-order valence-corrected chi connectivity index (χ1v) is 10.9. The molecule has 4 heteroatoms. The van der Waals surface area contributed by atoms with Gasteiger partial charge < -0.3 is 4.90 Å². The van der Waals surface area contributed by atoms with E-state index in [1.165, 1.54) is 22.3 Å². The van der Waals surface area contributed by atoms with Gasteiger partial charge in [0.15, 0.2) is 0 Å². The Bertz CT molecular complexity index is 1150. The number of benzene rings is 2. The summed E-state index contributed by atoms with van der Waals surface area (Å²) in [6, 6.07) is 21.2. The minimum atomic E-state index is 0.686. The van der Waals surface area contributed by atoms with Crippen molar-refractivity contribution in [2.75, 3.05) is 33.2 Å². The van der Waals surface area contributed by atoms with Crippen molar-refractivity contribution in [1.29, 1.82) is 5.26 Å². The highest BCUT2D eigenvalue weighted by Gasteiger charge is 2.18. The molecule has 3 aromatic rings. The minimum Gasteiger partial charge on any atom is -0.304 e. The predicted octanol–water partition coefficient (Wildman–Crippen LogP) is 4.36. The lowest BCUT2D eigenvalue weighted by Gasteiger charge is -2.32. The fourth-order valence-corrected chi connectivity index (χ4v) is 4.42. The first kappa shape index (κ1) is 19.7. The third kappa shape index (κ3) is 4.16. The molecule has 5 rings (SSSR count). The Labute approximate surface area is 184 Å². The topological polar surface area (TPSA) is 43.2 Å². The molecule has 0 radical (unpaired) electrons. The summed E-state index contributed by atoms with van der Waals surface area (Å²) in [5.74, 6) is 0. The van der Waals surface area contributed by atoms with Gasteiger partial charge in [-0.3, -0.25) is 9.88 Å². The Kier molecular flexibility index (Phi) is 5.38. The average molecular weight is 407 g/mol.